The molecule has 2 aromatic rings. The van der Waals surface area contributed by atoms with Crippen molar-refractivity contribution in [3.05, 3.63) is 27.1 Å². The second-order valence-electron chi connectivity index (χ2n) is 4.09. The van der Waals surface area contributed by atoms with Crippen LogP contribution >= 0.6 is 11.3 Å². The Balaban J connectivity index is 2.31. The molecular weight excluding hydrogens is 246 g/mol. The van der Waals surface area contributed by atoms with Gasteiger partial charge < -0.3 is 5.32 Å². The summed E-state index contributed by atoms with van der Waals surface area (Å²) in [6, 6.07) is 0. The van der Waals surface area contributed by atoms with Gasteiger partial charge in [0.05, 0.1) is 18.3 Å². The first-order valence-electron chi connectivity index (χ1n) is 5.74. The monoisotopic (exact) mass is 261 g/mol. The van der Waals surface area contributed by atoms with Gasteiger partial charge in [-0.05, 0) is 19.4 Å². The van der Waals surface area contributed by atoms with E-state index >= 15 is 0 Å². The normalized spacial score (nSPS) is 10.7. The molecule has 2 rings (SSSR count). The minimum Gasteiger partial charge on any atom is -0.304 e. The first-order valence-corrected chi connectivity index (χ1v) is 6.56. The van der Waals surface area contributed by atoms with Crippen molar-refractivity contribution in [2.45, 2.75) is 20.4 Å². The number of hydrogen-bond acceptors (Lipinski definition) is 4. The lowest BCUT2D eigenvalue weighted by molar-refractivity contribution is 0.608. The Morgan fingerprint density at radius 2 is 2.33 bits per heavy atom. The average molecular weight is 261 g/mol. The Hall–Kier alpha value is -1.64. The Morgan fingerprint density at radius 1 is 1.56 bits per heavy atom. The highest BCUT2D eigenvalue weighted by atomic mass is 32.1. The quantitative estimate of drug-likeness (QED) is 0.666. The number of nitrogens with one attached hydrogen (secondary N) is 1. The van der Waals surface area contributed by atoms with Crippen molar-refractivity contribution in [1.29, 1.82) is 0 Å². The third-order valence-corrected chi connectivity index (χ3v) is 4.03. The van der Waals surface area contributed by atoms with Crippen LogP contribution in [0, 0.1) is 26.2 Å². The summed E-state index contributed by atoms with van der Waals surface area (Å²) in [5.41, 5.74) is 1.07. The van der Waals surface area contributed by atoms with E-state index in [4.69, 9.17) is 6.42 Å². The summed E-state index contributed by atoms with van der Waals surface area (Å²) in [5.74, 6) is 2.50. The van der Waals surface area contributed by atoms with Crippen LogP contribution in [0.1, 0.15) is 10.4 Å². The van der Waals surface area contributed by atoms with Crippen LogP contribution in [0.3, 0.4) is 0 Å². The van der Waals surface area contributed by atoms with Crippen LogP contribution in [0.5, 0.6) is 0 Å². The molecule has 1 N–H and O–H groups in total. The molecule has 0 saturated heterocycles. The molecule has 0 amide bonds. The molecule has 0 radical (unpaired) electrons. The Morgan fingerprint density at radius 3 is 3.06 bits per heavy atom. The zero-order chi connectivity index (χ0) is 13.1. The number of hydrogen-bond donors (Lipinski definition) is 1. The van der Waals surface area contributed by atoms with Crippen molar-refractivity contribution in [3.63, 3.8) is 0 Å². The van der Waals surface area contributed by atoms with Gasteiger partial charge in [-0.25, -0.2) is 4.98 Å². The maximum Gasteiger partial charge on any atom is 0.262 e. The highest BCUT2D eigenvalue weighted by molar-refractivity contribution is 7.18. The van der Waals surface area contributed by atoms with E-state index in [0.29, 0.717) is 19.6 Å². The van der Waals surface area contributed by atoms with Crippen molar-refractivity contribution in [1.82, 2.24) is 14.9 Å². The third kappa shape index (κ3) is 2.30. The second kappa shape index (κ2) is 5.34. The summed E-state index contributed by atoms with van der Waals surface area (Å²) in [6.45, 7) is 5.75. The summed E-state index contributed by atoms with van der Waals surface area (Å²) in [7, 11) is 0. The zero-order valence-corrected chi connectivity index (χ0v) is 11.3. The lowest BCUT2D eigenvalue weighted by Crippen LogP contribution is -2.27. The molecule has 0 fully saturated rings. The largest absolute Gasteiger partial charge is 0.304 e. The molecule has 0 aliphatic heterocycles. The number of nitrogens with zero attached hydrogens (tertiary/aromatic N) is 2. The maximum absolute atomic E-state index is 12.3. The number of terminal acetylenes is 1. The van der Waals surface area contributed by atoms with Gasteiger partial charge in [-0.15, -0.1) is 17.8 Å². The van der Waals surface area contributed by atoms with Crippen LogP contribution in [0.15, 0.2) is 11.1 Å². The number of rotatable bonds is 4. The standard InChI is InChI=1S/C13H15N3OS/c1-4-5-14-6-7-16-8-15-12-11(13(16)17)9(2)10(3)18-12/h1,8,14H,5-7H2,2-3H3. The van der Waals surface area contributed by atoms with Crippen LogP contribution in [0.25, 0.3) is 10.2 Å². The average Bonchev–Trinajstić information content (AvgIpc) is 2.64. The first kappa shape index (κ1) is 12.8. The van der Waals surface area contributed by atoms with Crippen LogP contribution in [0.4, 0.5) is 0 Å². The van der Waals surface area contributed by atoms with Gasteiger partial charge in [0.1, 0.15) is 4.83 Å². The molecule has 18 heavy (non-hydrogen) atoms. The van der Waals surface area contributed by atoms with E-state index in [-0.39, 0.29) is 5.56 Å². The van der Waals surface area contributed by atoms with Crippen LogP contribution in [-0.4, -0.2) is 22.6 Å². The highest BCUT2D eigenvalue weighted by Crippen LogP contribution is 2.25. The van der Waals surface area contributed by atoms with Crippen LogP contribution < -0.4 is 10.9 Å². The van der Waals surface area contributed by atoms with Gasteiger partial charge in [-0.2, -0.15) is 0 Å². The van der Waals surface area contributed by atoms with Crippen molar-refractivity contribution in [2.75, 3.05) is 13.1 Å². The van der Waals surface area contributed by atoms with Crippen molar-refractivity contribution in [2.24, 2.45) is 0 Å². The van der Waals surface area contributed by atoms with E-state index in [1.165, 1.54) is 0 Å². The van der Waals surface area contributed by atoms with E-state index < -0.39 is 0 Å². The maximum atomic E-state index is 12.3. The molecule has 4 nitrogen and oxygen atoms in total. The number of fused-ring (bicyclic) bond motifs is 1. The zero-order valence-electron chi connectivity index (χ0n) is 10.5. The number of thiophene rings is 1. The second-order valence-corrected chi connectivity index (χ2v) is 5.29. The Labute approximate surface area is 110 Å². The van der Waals surface area contributed by atoms with Gasteiger partial charge in [0.15, 0.2) is 0 Å². The minimum absolute atomic E-state index is 0.0318. The van der Waals surface area contributed by atoms with Gasteiger partial charge in [-0.3, -0.25) is 9.36 Å². The van der Waals surface area contributed by atoms with Crippen molar-refractivity contribution in [3.8, 4) is 12.3 Å². The molecule has 0 unspecified atom stereocenters. The lowest BCUT2D eigenvalue weighted by atomic mass is 10.2. The first-order chi connectivity index (χ1) is 8.65. The topological polar surface area (TPSA) is 46.9 Å². The van der Waals surface area contributed by atoms with Gasteiger partial charge in [0.25, 0.3) is 5.56 Å². The predicted octanol–water partition coefficient (Wildman–Crippen LogP) is 1.30. The van der Waals surface area contributed by atoms with Crippen LogP contribution in [-0.2, 0) is 6.54 Å². The van der Waals surface area contributed by atoms with Crippen molar-refractivity contribution < 1.29 is 0 Å². The Kier molecular flexibility index (Phi) is 3.80. The fraction of sp³-hybridized carbons (Fsp3) is 0.385. The third-order valence-electron chi connectivity index (χ3n) is 2.91. The SMILES string of the molecule is C#CCNCCn1cnc2sc(C)c(C)c2c1=O. The summed E-state index contributed by atoms with van der Waals surface area (Å²) < 4.78 is 1.63. The fourth-order valence-corrected chi connectivity index (χ4v) is 2.78. The smallest absolute Gasteiger partial charge is 0.262 e. The van der Waals surface area contributed by atoms with E-state index in [1.807, 2.05) is 13.8 Å². The van der Waals surface area contributed by atoms with E-state index in [0.717, 1.165) is 20.7 Å². The van der Waals surface area contributed by atoms with Gasteiger partial charge in [0, 0.05) is 18.0 Å². The predicted molar refractivity (Wildman–Crippen MR) is 75.1 cm³/mol. The molecule has 94 valence electrons. The molecule has 0 aromatic carbocycles. The number of aromatic nitrogens is 2. The molecular formula is C13H15N3OS. The minimum atomic E-state index is 0.0318. The molecule has 0 atom stereocenters. The van der Waals surface area contributed by atoms with E-state index in [9.17, 15) is 4.79 Å². The molecule has 2 heterocycles. The molecule has 0 bridgehead atoms. The summed E-state index contributed by atoms with van der Waals surface area (Å²) >= 11 is 1.57. The highest BCUT2D eigenvalue weighted by Gasteiger charge is 2.11. The molecule has 0 aliphatic rings. The molecule has 5 heteroatoms. The number of aryl methyl sites for hydroxylation is 2. The van der Waals surface area contributed by atoms with Crippen LogP contribution in [0.2, 0.25) is 0 Å². The fourth-order valence-electron chi connectivity index (χ4n) is 1.79. The summed E-state index contributed by atoms with van der Waals surface area (Å²) in [4.78, 5) is 18.6. The van der Waals surface area contributed by atoms with E-state index in [2.05, 4.69) is 16.2 Å². The van der Waals surface area contributed by atoms with Gasteiger partial charge in [0.2, 0.25) is 0 Å². The summed E-state index contributed by atoms with van der Waals surface area (Å²) in [5, 5.41) is 3.80. The van der Waals surface area contributed by atoms with Crippen molar-refractivity contribution >= 4 is 21.6 Å². The van der Waals surface area contributed by atoms with Gasteiger partial charge in [-0.1, -0.05) is 5.92 Å². The summed E-state index contributed by atoms with van der Waals surface area (Å²) in [6.07, 6.45) is 6.75. The Bertz CT molecular complexity index is 663. The molecule has 0 saturated carbocycles. The van der Waals surface area contributed by atoms with E-state index in [1.54, 1.807) is 22.2 Å². The van der Waals surface area contributed by atoms with Gasteiger partial charge >= 0.3 is 0 Å². The molecule has 2 aromatic heterocycles. The molecule has 0 aliphatic carbocycles. The molecule has 0 spiro atoms. The lowest BCUT2D eigenvalue weighted by Gasteiger charge is -2.05.